The number of nitrogens with one attached hydrogen (secondary N) is 2. The van der Waals surface area contributed by atoms with Crippen molar-refractivity contribution in [2.45, 2.75) is 4.90 Å². The van der Waals surface area contributed by atoms with Crippen LogP contribution in [0.4, 0.5) is 15.9 Å². The summed E-state index contributed by atoms with van der Waals surface area (Å²) >= 11 is 1.44. The molecule has 0 bridgehead atoms. The normalized spacial score (nSPS) is 11.0. The topological polar surface area (TPSA) is 88.4 Å². The van der Waals surface area contributed by atoms with E-state index in [2.05, 4.69) is 15.8 Å². The van der Waals surface area contributed by atoms with Crippen molar-refractivity contribution in [2.24, 2.45) is 7.05 Å². The number of carbonyl (C=O) groups is 1. The Balaban J connectivity index is 2.04. The summed E-state index contributed by atoms with van der Waals surface area (Å²) in [5.41, 5.74) is 3.36. The molecule has 3 rings (SSSR count). The van der Waals surface area contributed by atoms with Crippen molar-refractivity contribution in [1.82, 2.24) is 15.0 Å². The van der Waals surface area contributed by atoms with Gasteiger partial charge < -0.3 is 15.0 Å². The summed E-state index contributed by atoms with van der Waals surface area (Å²) in [6.45, 7) is -0.266. The average Bonchev–Trinajstić information content (AvgIpc) is 2.95. The molecule has 0 aliphatic rings. The highest BCUT2D eigenvalue weighted by atomic mass is 32.2. The molecular formula is C18H19FN4O3S. The van der Waals surface area contributed by atoms with E-state index in [0.717, 1.165) is 4.90 Å². The first kappa shape index (κ1) is 19.2. The molecule has 0 radical (unpaired) electrons. The molecule has 0 aliphatic heterocycles. The molecule has 0 aliphatic carbocycles. The first-order valence-corrected chi connectivity index (χ1v) is 9.36. The second-order valence-electron chi connectivity index (χ2n) is 5.63. The number of anilines is 2. The Labute approximate surface area is 159 Å². The van der Waals surface area contributed by atoms with Gasteiger partial charge in [0, 0.05) is 23.5 Å². The van der Waals surface area contributed by atoms with E-state index in [1.165, 1.54) is 17.8 Å². The van der Waals surface area contributed by atoms with Gasteiger partial charge in [-0.05, 0) is 36.6 Å². The fourth-order valence-electron chi connectivity index (χ4n) is 2.70. The van der Waals surface area contributed by atoms with Crippen LogP contribution >= 0.6 is 11.8 Å². The van der Waals surface area contributed by atoms with Crippen molar-refractivity contribution in [1.29, 1.82) is 0 Å². The first-order chi connectivity index (χ1) is 13.1. The van der Waals surface area contributed by atoms with E-state index in [1.54, 1.807) is 42.1 Å². The number of rotatable bonds is 7. The highest BCUT2D eigenvalue weighted by molar-refractivity contribution is 7.98. The number of hydrogen-bond donors (Lipinski definition) is 3. The first-order valence-electron chi connectivity index (χ1n) is 8.13. The van der Waals surface area contributed by atoms with Crippen LogP contribution in [-0.2, 0) is 11.9 Å². The van der Waals surface area contributed by atoms with Crippen molar-refractivity contribution >= 4 is 40.2 Å². The van der Waals surface area contributed by atoms with Gasteiger partial charge in [0.15, 0.2) is 0 Å². The van der Waals surface area contributed by atoms with Gasteiger partial charge in [-0.25, -0.2) is 14.9 Å². The number of hydrogen-bond acceptors (Lipinski definition) is 6. The predicted octanol–water partition coefficient (Wildman–Crippen LogP) is 2.83. The lowest BCUT2D eigenvalue weighted by Gasteiger charge is -2.12. The van der Waals surface area contributed by atoms with Gasteiger partial charge in [0.25, 0.3) is 5.91 Å². The quantitative estimate of drug-likeness (QED) is 0.327. The Kier molecular flexibility index (Phi) is 5.94. The van der Waals surface area contributed by atoms with Crippen LogP contribution in [-0.4, -0.2) is 40.0 Å². The van der Waals surface area contributed by atoms with Crippen molar-refractivity contribution < 1.29 is 19.1 Å². The number of aryl methyl sites for hydroxylation is 1. The lowest BCUT2D eigenvalue weighted by atomic mass is 10.2. The maximum Gasteiger partial charge on any atom is 0.279 e. The summed E-state index contributed by atoms with van der Waals surface area (Å²) in [6, 6.07) is 8.31. The zero-order valence-electron chi connectivity index (χ0n) is 14.8. The van der Waals surface area contributed by atoms with E-state index in [4.69, 9.17) is 9.94 Å². The number of amides is 1. The molecule has 0 unspecified atom stereocenters. The van der Waals surface area contributed by atoms with Gasteiger partial charge in [-0.3, -0.25) is 9.63 Å². The molecule has 27 heavy (non-hydrogen) atoms. The Morgan fingerprint density at radius 2 is 2.22 bits per heavy atom. The summed E-state index contributed by atoms with van der Waals surface area (Å²) in [6.07, 6.45) is 3.48. The van der Waals surface area contributed by atoms with Crippen LogP contribution in [0.2, 0.25) is 0 Å². The molecule has 0 fully saturated rings. The minimum atomic E-state index is -0.523. The van der Waals surface area contributed by atoms with Crippen molar-refractivity contribution in [3.63, 3.8) is 0 Å². The van der Waals surface area contributed by atoms with Crippen LogP contribution in [0.5, 0.6) is 0 Å². The third-order valence-corrected chi connectivity index (χ3v) is 4.69. The second kappa shape index (κ2) is 8.38. The van der Waals surface area contributed by atoms with Crippen LogP contribution in [0.15, 0.2) is 41.4 Å². The summed E-state index contributed by atoms with van der Waals surface area (Å²) < 4.78 is 16.1. The summed E-state index contributed by atoms with van der Waals surface area (Å²) in [5, 5.41) is 12.4. The Hall–Kier alpha value is -2.62. The number of aliphatic hydroxyl groups is 1. The largest absolute Gasteiger partial charge is 0.394 e. The molecule has 1 amide bonds. The zero-order valence-corrected chi connectivity index (χ0v) is 15.6. The number of nitrogens with zero attached hydrogens (tertiary/aromatic N) is 2. The third kappa shape index (κ3) is 3.90. The van der Waals surface area contributed by atoms with Crippen molar-refractivity contribution in [2.75, 3.05) is 24.8 Å². The highest BCUT2D eigenvalue weighted by Crippen LogP contribution is 2.32. The number of hydroxylamine groups is 1. The number of pyridine rings is 1. The minimum absolute atomic E-state index is 0.0394. The fourth-order valence-corrected chi connectivity index (χ4v) is 3.13. The summed E-state index contributed by atoms with van der Waals surface area (Å²) in [7, 11) is 1.73. The van der Waals surface area contributed by atoms with Crippen molar-refractivity contribution in [3.8, 4) is 0 Å². The van der Waals surface area contributed by atoms with Crippen LogP contribution in [0.3, 0.4) is 0 Å². The fraction of sp³-hybridized carbons (Fsp3) is 0.222. The maximum atomic E-state index is 14.4. The Bertz CT molecular complexity index is 977. The van der Waals surface area contributed by atoms with Crippen LogP contribution in [0, 0.1) is 5.82 Å². The van der Waals surface area contributed by atoms with E-state index in [0.29, 0.717) is 16.9 Å². The molecule has 0 atom stereocenters. The molecule has 0 spiro atoms. The number of benzene rings is 1. The molecule has 0 saturated carbocycles. The minimum Gasteiger partial charge on any atom is -0.394 e. The standard InChI is InChI=1S/C18H19FN4O3S/c1-23-16-12(4-3-7-20-16)15(18(25)22-26-9-8-24)17(23)21-14-6-5-11(27-2)10-13(14)19/h3-7,10,21,24H,8-9H2,1-2H3,(H,22,25). The molecular weight excluding hydrogens is 371 g/mol. The van der Waals surface area contributed by atoms with E-state index >= 15 is 0 Å². The number of carbonyl (C=O) groups excluding carboxylic acids is 1. The van der Waals surface area contributed by atoms with E-state index in [-0.39, 0.29) is 24.5 Å². The molecule has 3 aromatic rings. The number of fused-ring (bicyclic) bond motifs is 1. The van der Waals surface area contributed by atoms with Crippen molar-refractivity contribution in [3.05, 3.63) is 47.9 Å². The second-order valence-corrected chi connectivity index (χ2v) is 6.51. The predicted molar refractivity (Wildman–Crippen MR) is 103 cm³/mol. The third-order valence-electron chi connectivity index (χ3n) is 3.96. The van der Waals surface area contributed by atoms with Gasteiger partial charge in [0.05, 0.1) is 24.5 Å². The lowest BCUT2D eigenvalue weighted by Crippen LogP contribution is -2.25. The van der Waals surface area contributed by atoms with E-state index in [9.17, 15) is 9.18 Å². The lowest BCUT2D eigenvalue weighted by molar-refractivity contribution is 0.0170. The van der Waals surface area contributed by atoms with Crippen LogP contribution in [0.25, 0.3) is 11.0 Å². The molecule has 3 N–H and O–H groups in total. The number of aromatic nitrogens is 2. The highest BCUT2D eigenvalue weighted by Gasteiger charge is 2.23. The maximum absolute atomic E-state index is 14.4. The van der Waals surface area contributed by atoms with Gasteiger partial charge in [0.2, 0.25) is 0 Å². The number of halogens is 1. The smallest absolute Gasteiger partial charge is 0.279 e. The molecule has 1 aromatic carbocycles. The molecule has 2 heterocycles. The van der Waals surface area contributed by atoms with Gasteiger partial charge in [0.1, 0.15) is 17.3 Å². The van der Waals surface area contributed by atoms with E-state index < -0.39 is 11.7 Å². The molecule has 2 aromatic heterocycles. The Morgan fingerprint density at radius 1 is 1.41 bits per heavy atom. The molecule has 7 nitrogen and oxygen atoms in total. The van der Waals surface area contributed by atoms with Gasteiger partial charge in [-0.2, -0.15) is 0 Å². The summed E-state index contributed by atoms with van der Waals surface area (Å²) in [5.74, 6) is -0.571. The SMILES string of the molecule is CSc1ccc(Nc2c(C(=O)NOCCO)c3cccnc3n2C)c(F)c1. The van der Waals surface area contributed by atoms with Gasteiger partial charge in [-0.15, -0.1) is 11.8 Å². The average molecular weight is 390 g/mol. The van der Waals surface area contributed by atoms with Gasteiger partial charge in [-0.1, -0.05) is 0 Å². The summed E-state index contributed by atoms with van der Waals surface area (Å²) in [4.78, 5) is 22.7. The number of aliphatic hydroxyl groups excluding tert-OH is 1. The monoisotopic (exact) mass is 390 g/mol. The molecule has 0 saturated heterocycles. The van der Waals surface area contributed by atoms with E-state index in [1.807, 2.05) is 6.26 Å². The zero-order chi connectivity index (χ0) is 19.4. The molecule has 142 valence electrons. The molecule has 9 heteroatoms. The van der Waals surface area contributed by atoms with Gasteiger partial charge >= 0.3 is 0 Å². The van der Waals surface area contributed by atoms with Crippen LogP contribution in [0.1, 0.15) is 10.4 Å². The van der Waals surface area contributed by atoms with Crippen LogP contribution < -0.4 is 10.8 Å². The number of thioether (sulfide) groups is 1. The Morgan fingerprint density at radius 3 is 2.93 bits per heavy atom.